The number of hydrogen-bond donors (Lipinski definition) is 3. The van der Waals surface area contributed by atoms with Crippen molar-refractivity contribution in [2.24, 2.45) is 0 Å². The Labute approximate surface area is 99.7 Å². The van der Waals surface area contributed by atoms with Crippen LogP contribution < -0.4 is 4.74 Å². The fourth-order valence-corrected chi connectivity index (χ4v) is 1.58. The molecule has 2 rings (SSSR count). The third-order valence-electron chi connectivity index (χ3n) is 2.02. The lowest BCUT2D eigenvalue weighted by Gasteiger charge is -2.16. The average Bonchev–Trinajstić information content (AvgIpc) is 2.19. The van der Waals surface area contributed by atoms with Crippen molar-refractivity contribution >= 4 is 22.4 Å². The van der Waals surface area contributed by atoms with E-state index in [1.54, 1.807) is 0 Å². The molecule has 0 fully saturated rings. The summed E-state index contributed by atoms with van der Waals surface area (Å²) < 4.78 is 17.7. The Hall–Kier alpha value is -1.47. The van der Waals surface area contributed by atoms with Crippen LogP contribution in [-0.2, 0) is 0 Å². The molecule has 90 valence electrons. The van der Waals surface area contributed by atoms with Crippen LogP contribution in [0.15, 0.2) is 24.4 Å². The van der Waals surface area contributed by atoms with Gasteiger partial charge in [0.1, 0.15) is 5.15 Å². The molecule has 0 bridgehead atoms. The summed E-state index contributed by atoms with van der Waals surface area (Å²) in [6.45, 7) is 0. The fourth-order valence-electron chi connectivity index (χ4n) is 1.36. The third-order valence-corrected chi connectivity index (χ3v) is 2.32. The van der Waals surface area contributed by atoms with Gasteiger partial charge in [0.15, 0.2) is 11.6 Å². The molecule has 1 heterocycles. The number of nitrogens with zero attached hydrogens (tertiary/aromatic N) is 1. The van der Waals surface area contributed by atoms with Crippen LogP contribution in [0.1, 0.15) is 0 Å². The van der Waals surface area contributed by atoms with Crippen LogP contribution in [0.2, 0.25) is 5.15 Å². The minimum atomic E-state index is -3.44. The molecular formula is C10H7ClFNO4. The number of ether oxygens (including phenoxy) is 1. The lowest BCUT2D eigenvalue weighted by atomic mass is 10.1. The third kappa shape index (κ3) is 2.62. The molecule has 7 heteroatoms. The van der Waals surface area contributed by atoms with Gasteiger partial charge in [0, 0.05) is 11.6 Å². The van der Waals surface area contributed by atoms with Gasteiger partial charge in [-0.3, -0.25) is 0 Å². The van der Waals surface area contributed by atoms with Crippen LogP contribution in [0, 0.1) is 5.82 Å². The summed E-state index contributed by atoms with van der Waals surface area (Å²) in [6.07, 6.45) is -2.04. The highest BCUT2D eigenvalue weighted by atomic mass is 35.5. The maximum absolute atomic E-state index is 13.5. The Morgan fingerprint density at radius 3 is 2.65 bits per heavy atom. The summed E-state index contributed by atoms with van der Waals surface area (Å²) in [7, 11) is 0. The molecule has 0 radical (unpaired) electrons. The molecule has 1 aromatic carbocycles. The summed E-state index contributed by atoms with van der Waals surface area (Å²) in [5, 5.41) is 26.7. The van der Waals surface area contributed by atoms with E-state index in [0.29, 0.717) is 10.8 Å². The standard InChI is InChI=1S/C10H7ClFNO4/c11-9-6-4-7(12)8(17-10(14,15)16)3-5(6)1-2-13-9/h1-4,14-16H. The Bertz CT molecular complexity index is 570. The van der Waals surface area contributed by atoms with E-state index < -0.39 is 17.7 Å². The predicted molar refractivity (Wildman–Crippen MR) is 56.7 cm³/mol. The molecule has 0 amide bonds. The maximum atomic E-state index is 13.5. The van der Waals surface area contributed by atoms with Crippen molar-refractivity contribution in [3.05, 3.63) is 35.4 Å². The van der Waals surface area contributed by atoms with Crippen molar-refractivity contribution in [3.63, 3.8) is 0 Å². The Kier molecular flexibility index (Phi) is 2.88. The van der Waals surface area contributed by atoms with Gasteiger partial charge < -0.3 is 20.1 Å². The highest BCUT2D eigenvalue weighted by Gasteiger charge is 2.23. The Balaban J connectivity index is 2.56. The Morgan fingerprint density at radius 2 is 2.00 bits per heavy atom. The summed E-state index contributed by atoms with van der Waals surface area (Å²) in [4.78, 5) is 3.76. The minimum absolute atomic E-state index is 0.108. The molecule has 0 aliphatic carbocycles. The van der Waals surface area contributed by atoms with Crippen LogP contribution in [0.25, 0.3) is 10.8 Å². The van der Waals surface area contributed by atoms with Crippen molar-refractivity contribution < 1.29 is 24.4 Å². The molecule has 0 atom stereocenters. The molecular weight excluding hydrogens is 253 g/mol. The smallest absolute Gasteiger partial charge is 0.414 e. The van der Waals surface area contributed by atoms with Crippen molar-refractivity contribution in [3.8, 4) is 5.75 Å². The fraction of sp³-hybridized carbons (Fsp3) is 0.100. The predicted octanol–water partition coefficient (Wildman–Crippen LogP) is 0.994. The van der Waals surface area contributed by atoms with Gasteiger partial charge in [-0.2, -0.15) is 0 Å². The first kappa shape index (κ1) is 12.0. The minimum Gasteiger partial charge on any atom is -0.414 e. The normalized spacial score (nSPS) is 11.8. The summed E-state index contributed by atoms with van der Waals surface area (Å²) in [5.74, 6) is -1.43. The molecule has 1 aromatic heterocycles. The first-order valence-corrected chi connectivity index (χ1v) is 4.84. The molecule has 3 N–H and O–H groups in total. The monoisotopic (exact) mass is 259 g/mol. The van der Waals surface area contributed by atoms with Gasteiger partial charge in [-0.05, 0) is 23.6 Å². The largest absolute Gasteiger partial charge is 0.453 e. The zero-order chi connectivity index (χ0) is 12.6. The van der Waals surface area contributed by atoms with E-state index in [9.17, 15) is 4.39 Å². The maximum Gasteiger partial charge on any atom is 0.453 e. The molecule has 0 saturated carbocycles. The molecule has 0 unspecified atom stereocenters. The number of halogens is 2. The average molecular weight is 260 g/mol. The van der Waals surface area contributed by atoms with Crippen LogP contribution in [0.3, 0.4) is 0 Å². The van der Waals surface area contributed by atoms with E-state index in [2.05, 4.69) is 9.72 Å². The van der Waals surface area contributed by atoms with Gasteiger partial charge in [0.2, 0.25) is 0 Å². The summed E-state index contributed by atoms with van der Waals surface area (Å²) >= 11 is 5.75. The van der Waals surface area contributed by atoms with E-state index in [1.165, 1.54) is 12.3 Å². The first-order chi connectivity index (χ1) is 7.87. The lowest BCUT2D eigenvalue weighted by molar-refractivity contribution is -0.420. The van der Waals surface area contributed by atoms with Crippen molar-refractivity contribution in [1.29, 1.82) is 0 Å². The lowest BCUT2D eigenvalue weighted by Crippen LogP contribution is -2.34. The second kappa shape index (κ2) is 4.08. The van der Waals surface area contributed by atoms with Gasteiger partial charge in [-0.25, -0.2) is 9.37 Å². The summed E-state index contributed by atoms with van der Waals surface area (Å²) in [6, 6.07) is 3.71. The number of hydrogen-bond acceptors (Lipinski definition) is 5. The van der Waals surface area contributed by atoms with E-state index in [4.69, 9.17) is 26.9 Å². The van der Waals surface area contributed by atoms with E-state index in [1.807, 2.05) is 0 Å². The summed E-state index contributed by atoms with van der Waals surface area (Å²) in [5.41, 5.74) is 0. The van der Waals surface area contributed by atoms with E-state index in [-0.39, 0.29) is 5.15 Å². The first-order valence-electron chi connectivity index (χ1n) is 4.47. The van der Waals surface area contributed by atoms with Crippen LogP contribution in [0.5, 0.6) is 5.75 Å². The number of fused-ring (bicyclic) bond motifs is 1. The van der Waals surface area contributed by atoms with Crippen LogP contribution >= 0.6 is 11.6 Å². The van der Waals surface area contributed by atoms with Gasteiger partial charge in [-0.15, -0.1) is 0 Å². The van der Waals surface area contributed by atoms with Gasteiger partial charge >= 0.3 is 6.16 Å². The van der Waals surface area contributed by atoms with Crippen molar-refractivity contribution in [2.45, 2.75) is 6.16 Å². The second-order valence-electron chi connectivity index (χ2n) is 3.28. The number of pyridine rings is 1. The quantitative estimate of drug-likeness (QED) is 0.553. The zero-order valence-corrected chi connectivity index (χ0v) is 9.02. The van der Waals surface area contributed by atoms with Crippen molar-refractivity contribution in [2.75, 3.05) is 0 Å². The number of rotatable bonds is 2. The molecule has 2 aromatic rings. The number of aromatic nitrogens is 1. The highest BCUT2D eigenvalue weighted by molar-refractivity contribution is 6.34. The SMILES string of the molecule is OC(O)(O)Oc1cc2ccnc(Cl)c2cc1F. The Morgan fingerprint density at radius 1 is 1.29 bits per heavy atom. The highest BCUT2D eigenvalue weighted by Crippen LogP contribution is 2.29. The molecule has 17 heavy (non-hydrogen) atoms. The van der Waals surface area contributed by atoms with E-state index >= 15 is 0 Å². The van der Waals surface area contributed by atoms with Crippen molar-refractivity contribution in [1.82, 2.24) is 4.98 Å². The van der Waals surface area contributed by atoms with Gasteiger partial charge in [0.25, 0.3) is 0 Å². The van der Waals surface area contributed by atoms with Gasteiger partial charge in [-0.1, -0.05) is 11.6 Å². The number of benzene rings is 1. The molecule has 5 nitrogen and oxygen atoms in total. The number of aliphatic hydroxyl groups is 3. The topological polar surface area (TPSA) is 82.8 Å². The second-order valence-corrected chi connectivity index (χ2v) is 3.64. The van der Waals surface area contributed by atoms with Gasteiger partial charge in [0.05, 0.1) is 0 Å². The zero-order valence-electron chi connectivity index (χ0n) is 8.26. The molecule has 0 aliphatic heterocycles. The molecule has 0 aliphatic rings. The van der Waals surface area contributed by atoms with Crippen LogP contribution in [-0.4, -0.2) is 26.5 Å². The molecule has 0 spiro atoms. The molecule has 0 saturated heterocycles. The van der Waals surface area contributed by atoms with E-state index in [0.717, 1.165) is 12.1 Å². The van der Waals surface area contributed by atoms with Crippen LogP contribution in [0.4, 0.5) is 4.39 Å².